The normalized spacial score (nSPS) is 22.7. The highest BCUT2D eigenvalue weighted by molar-refractivity contribution is 7.89. The van der Waals surface area contributed by atoms with Crippen LogP contribution >= 0.6 is 0 Å². The molecular formula is C15H25N3O2S. The summed E-state index contributed by atoms with van der Waals surface area (Å²) in [5.41, 5.74) is 6.84. The average molecular weight is 311 g/mol. The Bertz CT molecular complexity index is 555. The summed E-state index contributed by atoms with van der Waals surface area (Å²) in [7, 11) is -3.41. The van der Waals surface area contributed by atoms with Crippen LogP contribution in [-0.2, 0) is 10.0 Å². The van der Waals surface area contributed by atoms with Crippen LogP contribution in [0, 0.1) is 5.92 Å². The van der Waals surface area contributed by atoms with Gasteiger partial charge in [-0.25, -0.2) is 13.1 Å². The lowest BCUT2D eigenvalue weighted by Crippen LogP contribution is -2.30. The molecule has 21 heavy (non-hydrogen) atoms. The predicted octanol–water partition coefficient (Wildman–Crippen LogP) is 1.91. The fourth-order valence-electron chi connectivity index (χ4n) is 2.69. The Morgan fingerprint density at radius 1 is 1.24 bits per heavy atom. The number of benzene rings is 1. The average Bonchev–Trinajstić information content (AvgIpc) is 2.81. The summed E-state index contributed by atoms with van der Waals surface area (Å²) in [4.78, 5) is 0.296. The monoisotopic (exact) mass is 311 g/mol. The molecule has 2 atom stereocenters. The van der Waals surface area contributed by atoms with E-state index < -0.39 is 10.0 Å². The van der Waals surface area contributed by atoms with Crippen molar-refractivity contribution in [2.24, 2.45) is 11.7 Å². The van der Waals surface area contributed by atoms with Gasteiger partial charge in [0.05, 0.1) is 4.90 Å². The number of nitrogens with one attached hydrogen (secondary N) is 2. The van der Waals surface area contributed by atoms with Crippen LogP contribution in [0.1, 0.15) is 33.1 Å². The van der Waals surface area contributed by atoms with Crippen molar-refractivity contribution in [3.63, 3.8) is 0 Å². The van der Waals surface area contributed by atoms with Crippen LogP contribution in [0.2, 0.25) is 0 Å². The third-order valence-electron chi connectivity index (χ3n) is 3.73. The van der Waals surface area contributed by atoms with Crippen LogP contribution in [0.5, 0.6) is 0 Å². The van der Waals surface area contributed by atoms with Crippen molar-refractivity contribution in [1.29, 1.82) is 0 Å². The van der Waals surface area contributed by atoms with Gasteiger partial charge in [-0.1, -0.05) is 0 Å². The molecule has 0 heterocycles. The molecule has 2 unspecified atom stereocenters. The molecule has 6 heteroatoms. The Balaban J connectivity index is 1.93. The summed E-state index contributed by atoms with van der Waals surface area (Å²) in [5, 5.41) is 3.36. The Morgan fingerprint density at radius 2 is 1.90 bits per heavy atom. The number of rotatable bonds is 6. The SMILES string of the molecule is CC(C)NS(=O)(=O)c1ccc(NCC2CCC(N)C2)cc1. The first-order valence-corrected chi connectivity index (χ1v) is 8.97. The van der Waals surface area contributed by atoms with E-state index in [1.165, 1.54) is 6.42 Å². The van der Waals surface area contributed by atoms with Crippen molar-refractivity contribution in [3.05, 3.63) is 24.3 Å². The highest BCUT2D eigenvalue weighted by atomic mass is 32.2. The van der Waals surface area contributed by atoms with Gasteiger partial charge in [-0.3, -0.25) is 0 Å². The molecule has 0 aliphatic heterocycles. The highest BCUT2D eigenvalue weighted by Crippen LogP contribution is 2.24. The lowest BCUT2D eigenvalue weighted by atomic mass is 10.1. The standard InChI is InChI=1S/C15H25N3O2S/c1-11(2)18-21(19,20)15-7-5-14(6-8-15)17-10-12-3-4-13(16)9-12/h5-8,11-13,17-18H,3-4,9-10,16H2,1-2H3. The summed E-state index contributed by atoms with van der Waals surface area (Å²) in [6.45, 7) is 4.50. The maximum absolute atomic E-state index is 12.0. The maximum Gasteiger partial charge on any atom is 0.240 e. The molecule has 1 saturated carbocycles. The third kappa shape index (κ3) is 4.69. The number of sulfonamides is 1. The van der Waals surface area contributed by atoms with Crippen LogP contribution in [-0.4, -0.2) is 27.0 Å². The van der Waals surface area contributed by atoms with E-state index in [-0.39, 0.29) is 6.04 Å². The Morgan fingerprint density at radius 3 is 2.43 bits per heavy atom. The summed E-state index contributed by atoms with van der Waals surface area (Å²) in [5.74, 6) is 0.617. The van der Waals surface area contributed by atoms with E-state index in [0.29, 0.717) is 16.9 Å². The zero-order valence-electron chi connectivity index (χ0n) is 12.7. The molecule has 0 spiro atoms. The maximum atomic E-state index is 12.0. The van der Waals surface area contributed by atoms with Gasteiger partial charge in [0.15, 0.2) is 0 Å². The van der Waals surface area contributed by atoms with Gasteiger partial charge in [0, 0.05) is 24.3 Å². The van der Waals surface area contributed by atoms with E-state index in [4.69, 9.17) is 5.73 Å². The molecular weight excluding hydrogens is 286 g/mol. The molecule has 1 aromatic carbocycles. The first kappa shape index (κ1) is 16.3. The van der Waals surface area contributed by atoms with E-state index in [2.05, 4.69) is 10.0 Å². The second-order valence-corrected chi connectivity index (χ2v) is 7.83. The molecule has 2 rings (SSSR count). The first-order valence-electron chi connectivity index (χ1n) is 7.48. The molecule has 4 N–H and O–H groups in total. The van der Waals surface area contributed by atoms with Crippen molar-refractivity contribution in [3.8, 4) is 0 Å². The molecule has 1 aliphatic rings. The molecule has 1 aliphatic carbocycles. The van der Waals surface area contributed by atoms with E-state index in [9.17, 15) is 8.42 Å². The highest BCUT2D eigenvalue weighted by Gasteiger charge is 2.21. The van der Waals surface area contributed by atoms with E-state index in [1.54, 1.807) is 26.0 Å². The van der Waals surface area contributed by atoms with Gasteiger partial charge in [-0.15, -0.1) is 0 Å². The van der Waals surface area contributed by atoms with Crippen molar-refractivity contribution in [1.82, 2.24) is 4.72 Å². The third-order valence-corrected chi connectivity index (χ3v) is 5.41. The lowest BCUT2D eigenvalue weighted by molar-refractivity contribution is 0.565. The molecule has 0 radical (unpaired) electrons. The molecule has 1 fully saturated rings. The molecule has 5 nitrogen and oxygen atoms in total. The fourth-order valence-corrected chi connectivity index (χ4v) is 3.94. The number of nitrogens with two attached hydrogens (primary N) is 1. The number of hydrogen-bond donors (Lipinski definition) is 3. The topological polar surface area (TPSA) is 84.2 Å². The van der Waals surface area contributed by atoms with Gasteiger partial charge in [0.2, 0.25) is 10.0 Å². The molecule has 1 aromatic rings. The van der Waals surface area contributed by atoms with Crippen molar-refractivity contribution < 1.29 is 8.42 Å². The summed E-state index contributed by atoms with van der Waals surface area (Å²) >= 11 is 0. The van der Waals surface area contributed by atoms with Gasteiger partial charge in [0.1, 0.15) is 0 Å². The fraction of sp³-hybridized carbons (Fsp3) is 0.600. The van der Waals surface area contributed by atoms with Crippen LogP contribution in [0.15, 0.2) is 29.2 Å². The second-order valence-electron chi connectivity index (χ2n) is 6.12. The smallest absolute Gasteiger partial charge is 0.240 e. The van der Waals surface area contributed by atoms with Crippen LogP contribution in [0.25, 0.3) is 0 Å². The first-order chi connectivity index (χ1) is 9.87. The molecule has 0 aromatic heterocycles. The van der Waals surface area contributed by atoms with Crippen LogP contribution < -0.4 is 15.8 Å². The Hall–Kier alpha value is -1.11. The van der Waals surface area contributed by atoms with Gasteiger partial charge >= 0.3 is 0 Å². The minimum Gasteiger partial charge on any atom is -0.385 e. The van der Waals surface area contributed by atoms with Gasteiger partial charge < -0.3 is 11.1 Å². The molecule has 0 amide bonds. The van der Waals surface area contributed by atoms with Crippen molar-refractivity contribution in [2.75, 3.05) is 11.9 Å². The second kappa shape index (κ2) is 6.77. The molecule has 0 saturated heterocycles. The summed E-state index contributed by atoms with van der Waals surface area (Å²) < 4.78 is 26.6. The Labute approximate surface area is 127 Å². The molecule has 118 valence electrons. The zero-order chi connectivity index (χ0) is 15.5. The van der Waals surface area contributed by atoms with Crippen molar-refractivity contribution >= 4 is 15.7 Å². The van der Waals surface area contributed by atoms with E-state index >= 15 is 0 Å². The Kier molecular flexibility index (Phi) is 5.24. The van der Waals surface area contributed by atoms with Crippen LogP contribution in [0.3, 0.4) is 0 Å². The summed E-state index contributed by atoms with van der Waals surface area (Å²) in [6, 6.07) is 7.11. The quantitative estimate of drug-likeness (QED) is 0.749. The summed E-state index contributed by atoms with van der Waals surface area (Å²) in [6.07, 6.45) is 3.33. The van der Waals surface area contributed by atoms with Gasteiger partial charge in [-0.2, -0.15) is 0 Å². The van der Waals surface area contributed by atoms with Gasteiger partial charge in [-0.05, 0) is 63.3 Å². The van der Waals surface area contributed by atoms with E-state index in [0.717, 1.165) is 25.1 Å². The number of anilines is 1. The minimum absolute atomic E-state index is 0.112. The minimum atomic E-state index is -3.41. The van der Waals surface area contributed by atoms with Crippen molar-refractivity contribution in [2.45, 2.75) is 50.1 Å². The van der Waals surface area contributed by atoms with Gasteiger partial charge in [0.25, 0.3) is 0 Å². The number of hydrogen-bond acceptors (Lipinski definition) is 4. The van der Waals surface area contributed by atoms with Crippen LogP contribution in [0.4, 0.5) is 5.69 Å². The molecule has 0 bridgehead atoms. The lowest BCUT2D eigenvalue weighted by Gasteiger charge is -2.13. The zero-order valence-corrected chi connectivity index (χ0v) is 13.5. The predicted molar refractivity (Wildman–Crippen MR) is 85.7 cm³/mol. The van der Waals surface area contributed by atoms with E-state index in [1.807, 2.05) is 12.1 Å². The largest absolute Gasteiger partial charge is 0.385 e.